The molecule has 0 aliphatic carbocycles. The van der Waals surface area contributed by atoms with E-state index in [1.807, 2.05) is 54.0 Å². The second-order valence-corrected chi connectivity index (χ2v) is 9.10. The molecule has 30 heavy (non-hydrogen) atoms. The molecule has 0 amide bonds. The first-order valence-corrected chi connectivity index (χ1v) is 11.7. The summed E-state index contributed by atoms with van der Waals surface area (Å²) in [6.07, 6.45) is 1.89. The van der Waals surface area contributed by atoms with Crippen molar-refractivity contribution in [3.63, 3.8) is 0 Å². The minimum atomic E-state index is 0.507. The molecular formula is C21H15BrN4O2S2. The predicted octanol–water partition coefficient (Wildman–Crippen LogP) is 6.40. The number of rotatable bonds is 6. The molecule has 9 heteroatoms. The lowest BCUT2D eigenvalue weighted by atomic mass is 10.2. The summed E-state index contributed by atoms with van der Waals surface area (Å²) in [5, 5.41) is 12.9. The molecule has 0 saturated carbocycles. The fraction of sp³-hybridized carbons (Fsp3) is 0.0952. The van der Waals surface area contributed by atoms with Crippen molar-refractivity contribution in [2.45, 2.75) is 11.0 Å². The zero-order valence-corrected chi connectivity index (χ0v) is 19.0. The third-order valence-corrected chi connectivity index (χ3v) is 6.78. The molecule has 3 heterocycles. The summed E-state index contributed by atoms with van der Waals surface area (Å²) in [6, 6.07) is 13.9. The Kier molecular flexibility index (Phi) is 5.32. The number of para-hydroxylation sites is 1. The maximum absolute atomic E-state index is 5.87. The van der Waals surface area contributed by atoms with Crippen molar-refractivity contribution >= 4 is 49.9 Å². The summed E-state index contributed by atoms with van der Waals surface area (Å²) < 4.78 is 12.3. The van der Waals surface area contributed by atoms with Gasteiger partial charge in [0.05, 0.1) is 23.9 Å². The summed E-state index contributed by atoms with van der Waals surface area (Å²) in [6.45, 7) is 0. The summed E-state index contributed by atoms with van der Waals surface area (Å²) >= 11 is 6.57. The van der Waals surface area contributed by atoms with Gasteiger partial charge in [0.1, 0.15) is 10.8 Å². The van der Waals surface area contributed by atoms with Crippen molar-refractivity contribution in [3.8, 4) is 27.8 Å². The fourth-order valence-electron chi connectivity index (χ4n) is 3.11. The normalized spacial score (nSPS) is 11.3. The molecule has 6 nitrogen and oxygen atoms in total. The topological polar surface area (TPSA) is 76.8 Å². The maximum atomic E-state index is 5.87. The summed E-state index contributed by atoms with van der Waals surface area (Å²) in [4.78, 5) is 7.97. The van der Waals surface area contributed by atoms with Crippen LogP contribution in [0, 0.1) is 0 Å². The van der Waals surface area contributed by atoms with E-state index in [2.05, 4.69) is 31.1 Å². The van der Waals surface area contributed by atoms with E-state index in [1.165, 1.54) is 11.8 Å². The van der Waals surface area contributed by atoms with E-state index in [0.29, 0.717) is 16.9 Å². The van der Waals surface area contributed by atoms with Gasteiger partial charge in [-0.15, -0.1) is 21.5 Å². The first kappa shape index (κ1) is 19.3. The molecule has 0 spiro atoms. The second kappa shape index (κ2) is 8.25. The van der Waals surface area contributed by atoms with Crippen molar-refractivity contribution in [1.82, 2.24) is 20.2 Å². The van der Waals surface area contributed by atoms with E-state index >= 15 is 0 Å². The van der Waals surface area contributed by atoms with Gasteiger partial charge in [-0.1, -0.05) is 45.9 Å². The largest absolute Gasteiger partial charge is 0.496 e. The number of hydrogen-bond acceptors (Lipinski definition) is 7. The number of methoxy groups -OCH3 is 1. The van der Waals surface area contributed by atoms with Gasteiger partial charge < -0.3 is 14.1 Å². The number of thiazole rings is 1. The number of aromatic nitrogens is 4. The third-order valence-electron chi connectivity index (χ3n) is 4.51. The van der Waals surface area contributed by atoms with Gasteiger partial charge >= 0.3 is 0 Å². The first-order valence-electron chi connectivity index (χ1n) is 9.02. The molecule has 0 unspecified atom stereocenters. The highest BCUT2D eigenvalue weighted by Crippen LogP contribution is 2.36. The number of ether oxygens (including phenoxy) is 1. The Hall–Kier alpha value is -2.62. The van der Waals surface area contributed by atoms with Crippen molar-refractivity contribution in [1.29, 1.82) is 0 Å². The smallest absolute Gasteiger partial charge is 0.277 e. The standard InChI is InChI=1S/C21H15BrN4O2S2/c1-27-18-7-6-12(22)8-15(18)20-24-13(10-29-20)11-30-21-26-25-19(28-21)16-9-23-17-5-3-2-4-14(16)17/h2-10,23H,11H2,1H3. The monoisotopic (exact) mass is 498 g/mol. The summed E-state index contributed by atoms with van der Waals surface area (Å²) in [5.74, 6) is 1.95. The Morgan fingerprint density at radius 1 is 1.17 bits per heavy atom. The number of benzene rings is 2. The fourth-order valence-corrected chi connectivity index (χ4v) is 5.07. The zero-order chi connectivity index (χ0) is 20.5. The van der Waals surface area contributed by atoms with E-state index in [-0.39, 0.29) is 0 Å². The highest BCUT2D eigenvalue weighted by Gasteiger charge is 2.15. The summed E-state index contributed by atoms with van der Waals surface area (Å²) in [7, 11) is 1.66. The van der Waals surface area contributed by atoms with E-state index in [0.717, 1.165) is 43.0 Å². The maximum Gasteiger partial charge on any atom is 0.277 e. The molecule has 3 aromatic heterocycles. The number of hydrogen-bond donors (Lipinski definition) is 1. The van der Waals surface area contributed by atoms with Gasteiger partial charge in [-0.3, -0.25) is 0 Å². The molecule has 0 aliphatic heterocycles. The Morgan fingerprint density at radius 2 is 2.07 bits per heavy atom. The molecule has 5 rings (SSSR count). The minimum absolute atomic E-state index is 0.507. The minimum Gasteiger partial charge on any atom is -0.496 e. The van der Waals surface area contributed by atoms with Crippen LogP contribution in [0.5, 0.6) is 5.75 Å². The molecule has 150 valence electrons. The molecule has 5 aromatic rings. The van der Waals surface area contributed by atoms with Crippen LogP contribution < -0.4 is 4.74 Å². The van der Waals surface area contributed by atoms with Gasteiger partial charge in [0, 0.05) is 32.7 Å². The first-order chi connectivity index (χ1) is 14.7. The number of nitrogens with one attached hydrogen (secondary N) is 1. The van der Waals surface area contributed by atoms with Crippen LogP contribution >= 0.6 is 39.0 Å². The molecule has 1 N–H and O–H groups in total. The molecule has 0 fully saturated rings. The van der Waals surface area contributed by atoms with Crippen LogP contribution in [0.2, 0.25) is 0 Å². The Labute approximate surface area is 188 Å². The van der Waals surface area contributed by atoms with Crippen LogP contribution in [-0.4, -0.2) is 27.3 Å². The van der Waals surface area contributed by atoms with Crippen molar-refractivity contribution in [2.75, 3.05) is 7.11 Å². The van der Waals surface area contributed by atoms with Gasteiger partial charge in [-0.2, -0.15) is 0 Å². The number of halogens is 1. The molecule has 0 radical (unpaired) electrons. The van der Waals surface area contributed by atoms with Gasteiger partial charge in [0.2, 0.25) is 0 Å². The van der Waals surface area contributed by atoms with Crippen LogP contribution in [-0.2, 0) is 5.75 Å². The Balaban J connectivity index is 1.32. The van der Waals surface area contributed by atoms with E-state index in [1.54, 1.807) is 18.4 Å². The van der Waals surface area contributed by atoms with E-state index in [9.17, 15) is 0 Å². The zero-order valence-electron chi connectivity index (χ0n) is 15.8. The van der Waals surface area contributed by atoms with Crippen LogP contribution in [0.25, 0.3) is 32.9 Å². The van der Waals surface area contributed by atoms with Crippen molar-refractivity contribution in [2.24, 2.45) is 0 Å². The van der Waals surface area contributed by atoms with E-state index in [4.69, 9.17) is 14.1 Å². The Morgan fingerprint density at radius 3 is 2.97 bits per heavy atom. The lowest BCUT2D eigenvalue weighted by molar-refractivity contribution is 0.416. The highest BCUT2D eigenvalue weighted by atomic mass is 79.9. The highest BCUT2D eigenvalue weighted by molar-refractivity contribution is 9.10. The molecule has 2 aromatic carbocycles. The van der Waals surface area contributed by atoms with Gasteiger partial charge in [-0.25, -0.2) is 4.98 Å². The Bertz CT molecular complexity index is 1330. The molecule has 0 saturated heterocycles. The number of H-pyrrole nitrogens is 1. The second-order valence-electron chi connectivity index (χ2n) is 6.40. The van der Waals surface area contributed by atoms with Gasteiger partial charge in [0.25, 0.3) is 11.1 Å². The molecule has 0 atom stereocenters. The third kappa shape index (κ3) is 3.76. The van der Waals surface area contributed by atoms with Crippen LogP contribution in [0.15, 0.2) is 68.2 Å². The lowest BCUT2D eigenvalue weighted by Gasteiger charge is -2.06. The SMILES string of the molecule is COc1ccc(Br)cc1-c1nc(CSc2nnc(-c3c[nH]c4ccccc34)o2)cs1. The van der Waals surface area contributed by atoms with Crippen molar-refractivity contribution in [3.05, 3.63) is 64.2 Å². The molecule has 0 aliphatic rings. The van der Waals surface area contributed by atoms with Crippen LogP contribution in [0.3, 0.4) is 0 Å². The quantitative estimate of drug-likeness (QED) is 0.272. The average molecular weight is 499 g/mol. The van der Waals surface area contributed by atoms with Gasteiger partial charge in [-0.05, 0) is 24.3 Å². The van der Waals surface area contributed by atoms with Crippen LogP contribution in [0.4, 0.5) is 0 Å². The number of fused-ring (bicyclic) bond motifs is 1. The summed E-state index contributed by atoms with van der Waals surface area (Å²) in [5.41, 5.74) is 3.86. The molecule has 0 bridgehead atoms. The number of thioether (sulfide) groups is 1. The van der Waals surface area contributed by atoms with Crippen molar-refractivity contribution < 1.29 is 9.15 Å². The lowest BCUT2D eigenvalue weighted by Crippen LogP contribution is -1.88. The number of nitrogens with zero attached hydrogens (tertiary/aromatic N) is 3. The number of aromatic amines is 1. The molecular weight excluding hydrogens is 484 g/mol. The average Bonchev–Trinajstić information content (AvgIpc) is 3.51. The predicted molar refractivity (Wildman–Crippen MR) is 123 cm³/mol. The van der Waals surface area contributed by atoms with Crippen LogP contribution in [0.1, 0.15) is 5.69 Å². The van der Waals surface area contributed by atoms with Gasteiger partial charge in [0.15, 0.2) is 0 Å². The van der Waals surface area contributed by atoms with E-state index < -0.39 is 0 Å².